The lowest BCUT2D eigenvalue weighted by Gasteiger charge is -2.39. The van der Waals surface area contributed by atoms with E-state index in [1.807, 2.05) is 30.0 Å². The summed E-state index contributed by atoms with van der Waals surface area (Å²) in [5.41, 5.74) is 5.70. The fourth-order valence-electron chi connectivity index (χ4n) is 4.35. The van der Waals surface area contributed by atoms with Gasteiger partial charge in [-0.15, -0.1) is 0 Å². The van der Waals surface area contributed by atoms with Crippen LogP contribution in [0.3, 0.4) is 0 Å². The van der Waals surface area contributed by atoms with Crippen LogP contribution < -0.4 is 20.0 Å². The van der Waals surface area contributed by atoms with E-state index in [2.05, 4.69) is 15.4 Å². The van der Waals surface area contributed by atoms with Gasteiger partial charge in [-0.2, -0.15) is 5.10 Å². The smallest absolute Gasteiger partial charge is 0.262 e. The lowest BCUT2D eigenvalue weighted by molar-refractivity contribution is -0.122. The Balaban J connectivity index is 1.69. The summed E-state index contributed by atoms with van der Waals surface area (Å²) in [6, 6.07) is 10.4. The maximum absolute atomic E-state index is 14.7. The van der Waals surface area contributed by atoms with Crippen molar-refractivity contribution < 1.29 is 13.9 Å². The van der Waals surface area contributed by atoms with E-state index in [-0.39, 0.29) is 18.3 Å². The number of hydrogen-bond acceptors (Lipinski definition) is 5. The maximum atomic E-state index is 14.7. The first-order valence-electron chi connectivity index (χ1n) is 10.1. The van der Waals surface area contributed by atoms with Gasteiger partial charge in [-0.3, -0.25) is 4.79 Å². The lowest BCUT2D eigenvalue weighted by atomic mass is 9.98. The molecule has 0 spiro atoms. The molecule has 2 aromatic rings. The summed E-state index contributed by atoms with van der Waals surface area (Å²) >= 11 is 0. The largest absolute Gasteiger partial charge is 0.483 e. The van der Waals surface area contributed by atoms with Crippen molar-refractivity contribution >= 4 is 23.1 Å². The summed E-state index contributed by atoms with van der Waals surface area (Å²) in [6.45, 7) is 3.97. The van der Waals surface area contributed by atoms with Crippen LogP contribution in [0.2, 0.25) is 0 Å². The Hall–Kier alpha value is -3.09. The number of nitrogens with zero attached hydrogens (tertiary/aromatic N) is 3. The van der Waals surface area contributed by atoms with Gasteiger partial charge < -0.3 is 14.5 Å². The Morgan fingerprint density at radius 2 is 1.90 bits per heavy atom. The van der Waals surface area contributed by atoms with Gasteiger partial charge in [-0.05, 0) is 44.4 Å². The molecule has 0 radical (unpaired) electrons. The molecule has 6 nitrogen and oxygen atoms in total. The number of hydrogen-bond donors (Lipinski definition) is 1. The monoisotopic (exact) mass is 394 g/mol. The van der Waals surface area contributed by atoms with Crippen molar-refractivity contribution in [3.63, 3.8) is 0 Å². The van der Waals surface area contributed by atoms with Crippen molar-refractivity contribution in [2.24, 2.45) is 5.10 Å². The summed E-state index contributed by atoms with van der Waals surface area (Å²) in [4.78, 5) is 16.5. The van der Waals surface area contributed by atoms with Crippen molar-refractivity contribution in [3.05, 3.63) is 42.2 Å². The van der Waals surface area contributed by atoms with Crippen molar-refractivity contribution in [1.29, 1.82) is 0 Å². The van der Waals surface area contributed by atoms with Gasteiger partial charge in [0.15, 0.2) is 5.84 Å². The van der Waals surface area contributed by atoms with Gasteiger partial charge in [-0.25, -0.2) is 9.82 Å². The van der Waals surface area contributed by atoms with Gasteiger partial charge in [0.1, 0.15) is 24.2 Å². The molecule has 1 N–H and O–H groups in total. The minimum atomic E-state index is -0.390. The zero-order valence-electron chi connectivity index (χ0n) is 16.3. The molecule has 1 atom stereocenters. The van der Waals surface area contributed by atoms with Crippen LogP contribution in [0.5, 0.6) is 5.75 Å². The van der Waals surface area contributed by atoms with Crippen molar-refractivity contribution in [2.75, 3.05) is 29.5 Å². The minimum absolute atomic E-state index is 0.153. The molecule has 7 heteroatoms. The van der Waals surface area contributed by atoms with E-state index in [1.54, 1.807) is 12.1 Å². The number of rotatable bonds is 2. The third kappa shape index (κ3) is 3.01. The molecule has 1 amide bonds. The van der Waals surface area contributed by atoms with Crippen LogP contribution in [0.1, 0.15) is 26.2 Å². The van der Waals surface area contributed by atoms with Gasteiger partial charge in [-0.1, -0.05) is 18.2 Å². The SMILES string of the molecule is CC1C(=O)NN=C2COc3cc(-c4ccccc4F)c(N4CCCCC4)cc3N21. The van der Waals surface area contributed by atoms with Gasteiger partial charge in [0.05, 0.1) is 5.69 Å². The lowest BCUT2D eigenvalue weighted by Crippen LogP contribution is -2.55. The molecule has 3 heterocycles. The molecule has 5 rings (SSSR count). The number of ether oxygens (including phenoxy) is 1. The summed E-state index contributed by atoms with van der Waals surface area (Å²) in [7, 11) is 0. The third-order valence-corrected chi connectivity index (χ3v) is 5.89. The average molecular weight is 394 g/mol. The fraction of sp³-hybridized carbons (Fsp3) is 0.364. The maximum Gasteiger partial charge on any atom is 0.262 e. The van der Waals surface area contributed by atoms with E-state index < -0.39 is 6.04 Å². The quantitative estimate of drug-likeness (QED) is 0.847. The average Bonchev–Trinajstić information content (AvgIpc) is 2.76. The number of nitrogens with one attached hydrogen (secondary N) is 1. The first-order chi connectivity index (χ1) is 14.1. The van der Waals surface area contributed by atoms with Gasteiger partial charge >= 0.3 is 0 Å². The zero-order valence-corrected chi connectivity index (χ0v) is 16.3. The molecule has 29 heavy (non-hydrogen) atoms. The predicted octanol–water partition coefficient (Wildman–Crippen LogP) is 3.51. The summed E-state index contributed by atoms with van der Waals surface area (Å²) in [5, 5.41) is 4.16. The van der Waals surface area contributed by atoms with Gasteiger partial charge in [0.2, 0.25) is 0 Å². The normalized spacial score (nSPS) is 21.0. The number of amides is 1. The highest BCUT2D eigenvalue weighted by atomic mass is 19.1. The van der Waals surface area contributed by atoms with Crippen LogP contribution in [-0.4, -0.2) is 37.5 Å². The summed E-state index contributed by atoms with van der Waals surface area (Å²) in [6.07, 6.45) is 3.43. The first kappa shape index (κ1) is 18.0. The zero-order chi connectivity index (χ0) is 20.0. The number of piperidine rings is 1. The molecule has 150 valence electrons. The molecule has 2 aromatic carbocycles. The number of benzene rings is 2. The van der Waals surface area contributed by atoms with E-state index in [0.717, 1.165) is 42.9 Å². The Bertz CT molecular complexity index is 1000. The first-order valence-corrected chi connectivity index (χ1v) is 10.1. The highest BCUT2D eigenvalue weighted by Gasteiger charge is 2.36. The van der Waals surface area contributed by atoms with Crippen LogP contribution in [0.25, 0.3) is 11.1 Å². The van der Waals surface area contributed by atoms with E-state index in [1.165, 1.54) is 12.5 Å². The number of carbonyl (C=O) groups excluding carboxylic acids is 1. The molecule has 0 bridgehead atoms. The second-order valence-electron chi connectivity index (χ2n) is 7.70. The van der Waals surface area contributed by atoms with Crippen LogP contribution >= 0.6 is 0 Å². The standard InChI is InChI=1S/C22H23FN4O2/c1-14-22(28)25-24-21-13-29-20-11-16(15-7-3-4-8-17(15)23)18(12-19(20)27(14)21)26-9-5-2-6-10-26/h3-4,7-8,11-12,14H,2,5-6,9-10,13H2,1H3,(H,25,28). The Kier molecular flexibility index (Phi) is 4.38. The number of anilines is 2. The molecule has 0 aromatic heterocycles. The van der Waals surface area contributed by atoms with Crippen LogP contribution in [-0.2, 0) is 4.79 Å². The molecule has 1 unspecified atom stereocenters. The van der Waals surface area contributed by atoms with Gasteiger partial charge in [0.25, 0.3) is 5.91 Å². The highest BCUT2D eigenvalue weighted by molar-refractivity contribution is 6.10. The Labute approximate surface area is 168 Å². The molecule has 3 aliphatic rings. The van der Waals surface area contributed by atoms with Gasteiger partial charge in [0, 0.05) is 29.9 Å². The second kappa shape index (κ2) is 7.06. The molecular formula is C22H23FN4O2. The van der Waals surface area contributed by atoms with Crippen LogP contribution in [0.4, 0.5) is 15.8 Å². The van der Waals surface area contributed by atoms with E-state index in [9.17, 15) is 9.18 Å². The highest BCUT2D eigenvalue weighted by Crippen LogP contribution is 2.44. The summed E-state index contributed by atoms with van der Waals surface area (Å²) in [5.74, 6) is 0.908. The number of carbonyl (C=O) groups is 1. The Morgan fingerprint density at radius 3 is 2.69 bits per heavy atom. The number of fused-ring (bicyclic) bond motifs is 3. The third-order valence-electron chi connectivity index (χ3n) is 5.89. The van der Waals surface area contributed by atoms with Crippen molar-refractivity contribution in [3.8, 4) is 16.9 Å². The molecular weight excluding hydrogens is 371 g/mol. The second-order valence-corrected chi connectivity index (χ2v) is 7.70. The van der Waals surface area contributed by atoms with Crippen LogP contribution in [0, 0.1) is 5.82 Å². The predicted molar refractivity (Wildman–Crippen MR) is 111 cm³/mol. The summed E-state index contributed by atoms with van der Waals surface area (Å²) < 4.78 is 20.7. The van der Waals surface area contributed by atoms with E-state index in [4.69, 9.17) is 4.74 Å². The molecule has 1 fully saturated rings. The topological polar surface area (TPSA) is 57.2 Å². The number of amidine groups is 1. The molecule has 1 saturated heterocycles. The van der Waals surface area contributed by atoms with Crippen molar-refractivity contribution in [2.45, 2.75) is 32.2 Å². The molecule has 0 saturated carbocycles. The number of halogens is 1. The molecule has 0 aliphatic carbocycles. The van der Waals surface area contributed by atoms with Crippen LogP contribution in [0.15, 0.2) is 41.5 Å². The fourth-order valence-corrected chi connectivity index (χ4v) is 4.35. The van der Waals surface area contributed by atoms with E-state index in [0.29, 0.717) is 17.1 Å². The van der Waals surface area contributed by atoms with Crippen molar-refractivity contribution in [1.82, 2.24) is 5.43 Å². The minimum Gasteiger partial charge on any atom is -0.483 e. The Morgan fingerprint density at radius 1 is 1.10 bits per heavy atom. The number of hydrazone groups is 1. The molecule has 3 aliphatic heterocycles. The van der Waals surface area contributed by atoms with E-state index >= 15 is 0 Å².